The first kappa shape index (κ1) is 19.1. The van der Waals surface area contributed by atoms with Gasteiger partial charge in [-0.15, -0.1) is 0 Å². The van der Waals surface area contributed by atoms with Gasteiger partial charge in [-0.05, 0) is 36.6 Å². The van der Waals surface area contributed by atoms with E-state index in [0.717, 1.165) is 36.6 Å². The number of ether oxygens (including phenoxy) is 1. The first-order valence-corrected chi connectivity index (χ1v) is 10.5. The predicted octanol–water partition coefficient (Wildman–Crippen LogP) is 5.23. The fourth-order valence-corrected chi connectivity index (χ4v) is 4.28. The summed E-state index contributed by atoms with van der Waals surface area (Å²) >= 11 is 0. The van der Waals surface area contributed by atoms with E-state index in [-0.39, 0.29) is 5.92 Å². The number of anilines is 3. The molecule has 154 valence electrons. The Kier molecular flexibility index (Phi) is 5.01. The molecule has 1 atom stereocenters. The van der Waals surface area contributed by atoms with Gasteiger partial charge in [0.15, 0.2) is 0 Å². The number of aromatic nitrogens is 2. The van der Waals surface area contributed by atoms with Gasteiger partial charge in [0.1, 0.15) is 18.2 Å². The summed E-state index contributed by atoms with van der Waals surface area (Å²) in [6.45, 7) is 8.52. The van der Waals surface area contributed by atoms with Crippen LogP contribution >= 0.6 is 0 Å². The Labute approximate surface area is 182 Å². The molecule has 1 aliphatic carbocycles. The molecule has 1 unspecified atom stereocenters. The number of hydrogen-bond acceptors (Lipinski definition) is 5. The van der Waals surface area contributed by atoms with E-state index < -0.39 is 0 Å². The van der Waals surface area contributed by atoms with E-state index >= 15 is 0 Å². The van der Waals surface area contributed by atoms with Crippen LogP contribution in [-0.4, -0.2) is 30.2 Å². The number of rotatable bonds is 1. The van der Waals surface area contributed by atoms with E-state index in [1.807, 2.05) is 24.3 Å². The lowest BCUT2D eigenvalue weighted by atomic mass is 9.97. The zero-order chi connectivity index (χ0) is 21.2. The lowest BCUT2D eigenvalue weighted by Crippen LogP contribution is -2.21. The maximum atomic E-state index is 7.39. The highest BCUT2D eigenvalue weighted by Gasteiger charge is 2.30. The molecule has 0 spiro atoms. The Morgan fingerprint density at radius 2 is 2.00 bits per heavy atom. The summed E-state index contributed by atoms with van der Waals surface area (Å²) in [4.78, 5) is 15.6. The third-order valence-electron chi connectivity index (χ3n) is 5.81. The molecule has 0 saturated heterocycles. The third kappa shape index (κ3) is 3.71. The minimum absolute atomic E-state index is 0.265. The zero-order valence-electron chi connectivity index (χ0n) is 17.4. The summed E-state index contributed by atoms with van der Waals surface area (Å²) in [6.07, 6.45) is 6.05. The van der Waals surface area contributed by atoms with Gasteiger partial charge in [-0.2, -0.15) is 4.98 Å². The van der Waals surface area contributed by atoms with E-state index in [0.29, 0.717) is 24.0 Å². The highest BCUT2D eigenvalue weighted by molar-refractivity contribution is 5.68. The number of likely N-dealkylation sites (N-methyl/N-ethyl adjacent to an activating group) is 1. The summed E-state index contributed by atoms with van der Waals surface area (Å²) in [5, 5.41) is 3.34. The van der Waals surface area contributed by atoms with Crippen LogP contribution in [0, 0.1) is 6.57 Å². The molecule has 0 fully saturated rings. The van der Waals surface area contributed by atoms with Crippen LogP contribution in [0.25, 0.3) is 4.85 Å². The summed E-state index contributed by atoms with van der Waals surface area (Å²) in [7, 11) is 2.06. The Balaban J connectivity index is 1.62. The third-order valence-corrected chi connectivity index (χ3v) is 5.81. The van der Waals surface area contributed by atoms with Crippen molar-refractivity contribution in [2.75, 3.05) is 30.4 Å². The highest BCUT2D eigenvalue weighted by Crippen LogP contribution is 2.41. The van der Waals surface area contributed by atoms with Crippen LogP contribution in [0.15, 0.2) is 60.7 Å². The van der Waals surface area contributed by atoms with Gasteiger partial charge in [-0.3, -0.25) is 0 Å². The number of nitrogens with zero attached hydrogens (tertiary/aromatic N) is 4. The SMILES string of the molecule is [C-]#[N+]c1ccc2cc1OC/C=C\CN(C)c1nc(nc3c1CCC3c1ccccc1)N2. The van der Waals surface area contributed by atoms with Crippen LogP contribution in [0.4, 0.5) is 23.1 Å². The summed E-state index contributed by atoms with van der Waals surface area (Å²) in [6, 6.07) is 16.0. The predicted molar refractivity (Wildman–Crippen MR) is 123 cm³/mol. The molecule has 1 N–H and O–H groups in total. The molecular weight excluding hydrogens is 386 g/mol. The molecule has 1 aliphatic heterocycles. The molecule has 0 amide bonds. The summed E-state index contributed by atoms with van der Waals surface area (Å²) in [5.41, 5.74) is 4.90. The quantitative estimate of drug-likeness (QED) is 0.440. The molecule has 0 saturated carbocycles. The molecule has 2 aromatic carbocycles. The van der Waals surface area contributed by atoms with Gasteiger partial charge in [-0.1, -0.05) is 42.5 Å². The zero-order valence-corrected chi connectivity index (χ0v) is 17.4. The maximum Gasteiger partial charge on any atom is 0.229 e. The van der Waals surface area contributed by atoms with Crippen LogP contribution in [0.2, 0.25) is 0 Å². The minimum atomic E-state index is 0.265. The van der Waals surface area contributed by atoms with Gasteiger partial charge in [0.2, 0.25) is 11.6 Å². The maximum absolute atomic E-state index is 7.39. The van der Waals surface area contributed by atoms with Crippen molar-refractivity contribution in [1.29, 1.82) is 0 Å². The van der Waals surface area contributed by atoms with Gasteiger partial charge in [0.05, 0.1) is 12.3 Å². The normalized spacial score (nSPS) is 18.3. The standard InChI is InChI=1S/C25H23N5O/c1-26-21-13-10-18-16-22(21)31-15-7-6-14-30(2)24-20-12-11-19(17-8-4-3-5-9-17)23(20)28-25(27-18)29-24/h3-10,13,16,19H,11-12,14-15H2,2H3,(H,27,28,29)/b7-6-. The van der Waals surface area contributed by atoms with Crippen molar-refractivity contribution in [2.24, 2.45) is 0 Å². The van der Waals surface area contributed by atoms with Gasteiger partial charge >= 0.3 is 0 Å². The Morgan fingerprint density at radius 3 is 2.84 bits per heavy atom. The molecule has 6 heteroatoms. The van der Waals surface area contributed by atoms with E-state index in [1.54, 1.807) is 6.07 Å². The van der Waals surface area contributed by atoms with E-state index in [1.165, 1.54) is 11.1 Å². The molecule has 2 heterocycles. The molecule has 2 aliphatic rings. The largest absolute Gasteiger partial charge is 0.500 e. The average molecular weight is 409 g/mol. The van der Waals surface area contributed by atoms with Crippen LogP contribution in [-0.2, 0) is 6.42 Å². The lowest BCUT2D eigenvalue weighted by Gasteiger charge is -2.21. The van der Waals surface area contributed by atoms with Crippen molar-refractivity contribution in [3.05, 3.63) is 88.9 Å². The van der Waals surface area contributed by atoms with Crippen molar-refractivity contribution < 1.29 is 4.74 Å². The van der Waals surface area contributed by atoms with Gasteiger partial charge in [0.25, 0.3) is 0 Å². The number of nitrogens with one attached hydrogen (secondary N) is 1. The van der Waals surface area contributed by atoms with Gasteiger partial charge in [-0.25, -0.2) is 9.83 Å². The van der Waals surface area contributed by atoms with Crippen molar-refractivity contribution in [2.45, 2.75) is 18.8 Å². The Morgan fingerprint density at radius 1 is 1.13 bits per heavy atom. The second-order valence-corrected chi connectivity index (χ2v) is 7.82. The number of hydrogen-bond donors (Lipinski definition) is 1. The molecule has 6 nitrogen and oxygen atoms in total. The monoisotopic (exact) mass is 409 g/mol. The average Bonchev–Trinajstić information content (AvgIpc) is 3.22. The van der Waals surface area contributed by atoms with E-state index in [4.69, 9.17) is 21.3 Å². The summed E-state index contributed by atoms with van der Waals surface area (Å²) < 4.78 is 5.83. The van der Waals surface area contributed by atoms with E-state index in [9.17, 15) is 0 Å². The van der Waals surface area contributed by atoms with Crippen molar-refractivity contribution >= 4 is 23.1 Å². The first-order chi connectivity index (χ1) is 15.2. The van der Waals surface area contributed by atoms with Crippen molar-refractivity contribution in [3.8, 4) is 5.75 Å². The molecule has 0 radical (unpaired) electrons. The molecular formula is C25H23N5O. The fourth-order valence-electron chi connectivity index (χ4n) is 4.28. The van der Waals surface area contributed by atoms with Gasteiger partial charge in [0, 0.05) is 30.8 Å². The van der Waals surface area contributed by atoms with Crippen molar-refractivity contribution in [3.63, 3.8) is 0 Å². The first-order valence-electron chi connectivity index (χ1n) is 10.5. The van der Waals surface area contributed by atoms with Crippen LogP contribution in [0.1, 0.15) is 29.2 Å². The van der Waals surface area contributed by atoms with Crippen LogP contribution in [0.3, 0.4) is 0 Å². The highest BCUT2D eigenvalue weighted by atomic mass is 16.5. The Bertz CT molecular complexity index is 1180. The summed E-state index contributed by atoms with van der Waals surface area (Å²) in [5.74, 6) is 2.35. The number of fused-ring (bicyclic) bond motifs is 6. The molecule has 31 heavy (non-hydrogen) atoms. The fraction of sp³-hybridized carbons (Fsp3) is 0.240. The van der Waals surface area contributed by atoms with Crippen LogP contribution in [0.5, 0.6) is 5.75 Å². The Hall–Kier alpha value is -3.85. The molecule has 3 aromatic rings. The second kappa shape index (κ2) is 8.11. The van der Waals surface area contributed by atoms with Crippen molar-refractivity contribution in [1.82, 2.24) is 9.97 Å². The topological polar surface area (TPSA) is 54.6 Å². The smallest absolute Gasteiger partial charge is 0.229 e. The van der Waals surface area contributed by atoms with Crippen LogP contribution < -0.4 is 15.0 Å². The molecule has 5 rings (SSSR count). The molecule has 1 aromatic heterocycles. The second-order valence-electron chi connectivity index (χ2n) is 7.82. The minimum Gasteiger partial charge on any atom is -0.500 e. The lowest BCUT2D eigenvalue weighted by molar-refractivity contribution is 0.365. The van der Waals surface area contributed by atoms with E-state index in [2.05, 4.69) is 52.5 Å². The number of benzene rings is 2. The molecule has 4 bridgehead atoms. The van der Waals surface area contributed by atoms with Gasteiger partial charge < -0.3 is 15.0 Å².